The maximum Gasteiger partial charge on any atom is 0.268 e. The number of para-hydroxylation sites is 2. The Balaban J connectivity index is 0.00000582. The van der Waals surface area contributed by atoms with E-state index < -0.39 is 0 Å². The Labute approximate surface area is 432 Å². The topological polar surface area (TPSA) is 35.9 Å². The zero-order valence-electron chi connectivity index (χ0n) is 41.5. The van der Waals surface area contributed by atoms with E-state index in [4.69, 9.17) is 9.72 Å². The van der Waals surface area contributed by atoms with E-state index in [1.165, 1.54) is 22.3 Å². The number of pyridine rings is 1. The van der Waals surface area contributed by atoms with Crippen LogP contribution in [-0.4, -0.2) is 14.1 Å². The number of benzene rings is 8. The number of nitrogens with zero attached hydrogens (tertiary/aromatic N) is 4. The standard InChI is InChI=1S/C65H56N4O.Pt/c1-43(2)46-33-34-66-62(38-46)69-58-28-16-15-25-56(58)57-31-30-53(41-60(57)69)70-52-24-17-23-51(40-52)67-42-68(59-32-29-47(37-61(59)67)44-19-11-9-12-20-44)63-54(45-21-13-10-14-22-45)26-18-27-55(63)48-35-49(64(3,4)5)39-50(36-48)65(6,7)8;/h9-39,43H,1-8H3;/q-2;. The van der Waals surface area contributed by atoms with Crippen LogP contribution in [0.1, 0.15) is 78.0 Å². The predicted octanol–water partition coefficient (Wildman–Crippen LogP) is 16.3. The van der Waals surface area contributed by atoms with Gasteiger partial charge in [-0.05, 0) is 102 Å². The zero-order chi connectivity index (χ0) is 48.3. The molecule has 0 N–H and O–H groups in total. The van der Waals surface area contributed by atoms with Crippen molar-refractivity contribution < 1.29 is 30.4 Å². The van der Waals surface area contributed by atoms with E-state index in [0.717, 1.165) is 77.8 Å². The maximum absolute atomic E-state index is 6.75. The van der Waals surface area contributed by atoms with Crippen LogP contribution in [0.4, 0.5) is 0 Å². The van der Waals surface area contributed by atoms with Gasteiger partial charge in [-0.15, -0.1) is 29.7 Å². The Morgan fingerprint density at radius 1 is 0.535 bits per heavy atom. The number of imidazole rings is 1. The van der Waals surface area contributed by atoms with Crippen LogP contribution in [0.15, 0.2) is 188 Å². The van der Waals surface area contributed by atoms with Crippen molar-refractivity contribution in [3.05, 3.63) is 223 Å². The number of fused-ring (bicyclic) bond motifs is 4. The summed E-state index contributed by atoms with van der Waals surface area (Å²) in [7, 11) is 0. The van der Waals surface area contributed by atoms with Crippen LogP contribution in [0.2, 0.25) is 0 Å². The summed E-state index contributed by atoms with van der Waals surface area (Å²) in [6, 6.07) is 72.1. The minimum atomic E-state index is -0.0577. The number of rotatable bonds is 9. The SMILES string of the molecule is CC(C)c1ccnc(-n2c3[c-]c(Oc4[c-]c(-n5[c-][n+](-c6c(-c7ccccc7)cccc6-c6cc(C(C)(C)C)cc(C(C)(C)C)c6)c6ccc(-c7ccccc7)cc65)ccc4)ccc3c3ccccc32)c1.[Pt]. The Morgan fingerprint density at radius 3 is 1.89 bits per heavy atom. The Morgan fingerprint density at radius 2 is 1.18 bits per heavy atom. The van der Waals surface area contributed by atoms with Crippen LogP contribution in [0.5, 0.6) is 11.5 Å². The molecule has 0 radical (unpaired) electrons. The molecule has 0 amide bonds. The minimum Gasteiger partial charge on any atom is -0.510 e. The van der Waals surface area contributed by atoms with Gasteiger partial charge in [0.05, 0.1) is 16.7 Å². The van der Waals surface area contributed by atoms with E-state index >= 15 is 0 Å². The van der Waals surface area contributed by atoms with Crippen LogP contribution >= 0.6 is 0 Å². The fourth-order valence-electron chi connectivity index (χ4n) is 9.61. The van der Waals surface area contributed by atoms with Gasteiger partial charge in [-0.2, -0.15) is 18.2 Å². The monoisotopic (exact) mass is 1100 g/mol. The fourth-order valence-corrected chi connectivity index (χ4v) is 9.61. The molecule has 71 heavy (non-hydrogen) atoms. The van der Waals surface area contributed by atoms with Crippen molar-refractivity contribution >= 4 is 32.8 Å². The van der Waals surface area contributed by atoms with Gasteiger partial charge in [-0.1, -0.05) is 188 Å². The van der Waals surface area contributed by atoms with Crippen LogP contribution in [0.3, 0.4) is 0 Å². The molecule has 11 aromatic rings. The number of hydrogen-bond donors (Lipinski definition) is 0. The summed E-state index contributed by atoms with van der Waals surface area (Å²) in [4.78, 5) is 4.86. The van der Waals surface area contributed by atoms with Crippen LogP contribution in [0.25, 0.3) is 83.4 Å². The third kappa shape index (κ3) is 9.05. The van der Waals surface area contributed by atoms with Gasteiger partial charge in [0.2, 0.25) is 0 Å². The second-order valence-electron chi connectivity index (χ2n) is 20.7. The molecule has 0 bridgehead atoms. The Bertz CT molecular complexity index is 3710. The fraction of sp³-hybridized carbons (Fsp3) is 0.169. The van der Waals surface area contributed by atoms with E-state index in [9.17, 15) is 0 Å². The second kappa shape index (κ2) is 18.8. The van der Waals surface area contributed by atoms with Gasteiger partial charge in [-0.3, -0.25) is 4.57 Å². The summed E-state index contributed by atoms with van der Waals surface area (Å²) in [5, 5.41) is 2.22. The van der Waals surface area contributed by atoms with Crippen molar-refractivity contribution in [3.8, 4) is 62.1 Å². The number of aromatic nitrogens is 4. The minimum absolute atomic E-state index is 0. The molecule has 0 aliphatic heterocycles. The quantitative estimate of drug-likeness (QED) is 0.107. The van der Waals surface area contributed by atoms with Crippen molar-refractivity contribution in [2.45, 2.75) is 72.1 Å². The maximum atomic E-state index is 6.75. The molecule has 0 aliphatic carbocycles. The first-order valence-corrected chi connectivity index (χ1v) is 24.3. The molecule has 0 atom stereocenters. The first kappa shape index (κ1) is 47.4. The van der Waals surface area contributed by atoms with Crippen LogP contribution < -0.4 is 9.30 Å². The third-order valence-corrected chi connectivity index (χ3v) is 13.5. The van der Waals surface area contributed by atoms with Gasteiger partial charge in [-0.25, -0.2) is 4.98 Å². The van der Waals surface area contributed by atoms with Crippen LogP contribution in [0, 0.1) is 18.5 Å². The normalized spacial score (nSPS) is 12.0. The first-order valence-electron chi connectivity index (χ1n) is 24.3. The summed E-state index contributed by atoms with van der Waals surface area (Å²) >= 11 is 0. The van der Waals surface area contributed by atoms with E-state index in [0.29, 0.717) is 17.4 Å². The molecule has 5 nitrogen and oxygen atoms in total. The van der Waals surface area contributed by atoms with Gasteiger partial charge in [0, 0.05) is 44.3 Å². The molecule has 0 saturated heterocycles. The molecule has 3 heterocycles. The molecule has 0 fully saturated rings. The number of ether oxygens (including phenoxy) is 1. The molecule has 0 saturated carbocycles. The molecular weight excluding hydrogens is 1050 g/mol. The van der Waals surface area contributed by atoms with Crippen molar-refractivity contribution in [1.82, 2.24) is 14.1 Å². The van der Waals surface area contributed by atoms with Gasteiger partial charge < -0.3 is 13.9 Å². The smallest absolute Gasteiger partial charge is 0.268 e. The average Bonchev–Trinajstić information content (AvgIpc) is 3.91. The van der Waals surface area contributed by atoms with Crippen molar-refractivity contribution in [1.29, 1.82) is 0 Å². The van der Waals surface area contributed by atoms with E-state index in [1.54, 1.807) is 0 Å². The molecule has 11 rings (SSSR count). The average molecular weight is 1100 g/mol. The number of hydrogen-bond acceptors (Lipinski definition) is 2. The van der Waals surface area contributed by atoms with Crippen molar-refractivity contribution in [2.24, 2.45) is 0 Å². The summed E-state index contributed by atoms with van der Waals surface area (Å²) in [6.45, 7) is 18.2. The molecule has 0 aliphatic rings. The summed E-state index contributed by atoms with van der Waals surface area (Å²) in [6.07, 6.45) is 5.81. The molecule has 0 spiro atoms. The van der Waals surface area contributed by atoms with Crippen molar-refractivity contribution in [3.63, 3.8) is 0 Å². The summed E-state index contributed by atoms with van der Waals surface area (Å²) < 4.78 is 13.3. The van der Waals surface area contributed by atoms with Crippen molar-refractivity contribution in [2.75, 3.05) is 0 Å². The molecule has 0 unspecified atom stereocenters. The predicted molar refractivity (Wildman–Crippen MR) is 288 cm³/mol. The largest absolute Gasteiger partial charge is 0.510 e. The molecule has 6 heteroatoms. The van der Waals surface area contributed by atoms with Gasteiger partial charge in [0.25, 0.3) is 6.33 Å². The van der Waals surface area contributed by atoms with E-state index in [2.05, 4.69) is 251 Å². The van der Waals surface area contributed by atoms with Gasteiger partial charge >= 0.3 is 0 Å². The Hall–Kier alpha value is -7.33. The van der Waals surface area contributed by atoms with E-state index in [1.807, 2.05) is 24.4 Å². The third-order valence-electron chi connectivity index (χ3n) is 13.5. The van der Waals surface area contributed by atoms with Gasteiger partial charge in [0.15, 0.2) is 0 Å². The van der Waals surface area contributed by atoms with Gasteiger partial charge in [0.1, 0.15) is 5.82 Å². The molecular formula is C65H56N4OPt-2. The molecule has 3 aromatic heterocycles. The molecule has 354 valence electrons. The van der Waals surface area contributed by atoms with Crippen LogP contribution in [-0.2, 0) is 31.9 Å². The van der Waals surface area contributed by atoms with E-state index in [-0.39, 0.29) is 31.9 Å². The summed E-state index contributed by atoms with van der Waals surface area (Å²) in [5.41, 5.74) is 16.3. The zero-order valence-corrected chi connectivity index (χ0v) is 43.8. The first-order chi connectivity index (χ1) is 33.8. The second-order valence-corrected chi connectivity index (χ2v) is 20.7. The Kier molecular flexibility index (Phi) is 12.5. The molecule has 8 aromatic carbocycles. The summed E-state index contributed by atoms with van der Waals surface area (Å²) in [5.74, 6) is 2.37.